The van der Waals surface area contributed by atoms with Crippen LogP contribution in [0.2, 0.25) is 0 Å². The van der Waals surface area contributed by atoms with E-state index in [0.29, 0.717) is 0 Å². The van der Waals surface area contributed by atoms with E-state index < -0.39 is 0 Å². The highest BCUT2D eigenvalue weighted by Gasteiger charge is 2.22. The van der Waals surface area contributed by atoms with Crippen LogP contribution in [0.3, 0.4) is 0 Å². The van der Waals surface area contributed by atoms with Gasteiger partial charge in [-0.3, -0.25) is 4.79 Å². The molecule has 1 heterocycles. The molecule has 68 valence electrons. The predicted octanol–water partition coefficient (Wildman–Crippen LogP) is 2.43. The number of nitrogens with one attached hydrogen (secondary N) is 1. The molecule has 0 aliphatic carbocycles. The van der Waals surface area contributed by atoms with Crippen LogP contribution < -0.4 is 5.32 Å². The van der Waals surface area contributed by atoms with Crippen molar-refractivity contribution in [1.29, 1.82) is 0 Å². The second kappa shape index (κ2) is 3.07. The van der Waals surface area contributed by atoms with Crippen molar-refractivity contribution in [2.75, 3.05) is 5.32 Å². The molecule has 0 saturated carbocycles. The molecule has 1 amide bonds. The fraction of sp³-hybridized carbons (Fsp3) is 0.300. The topological polar surface area (TPSA) is 29.1 Å². The van der Waals surface area contributed by atoms with Crippen LogP contribution in [0.15, 0.2) is 23.1 Å². The van der Waals surface area contributed by atoms with Crippen molar-refractivity contribution in [1.82, 2.24) is 0 Å². The normalized spacial score (nSPS) is 20.8. The van der Waals surface area contributed by atoms with Gasteiger partial charge < -0.3 is 5.32 Å². The van der Waals surface area contributed by atoms with Gasteiger partial charge in [-0.15, -0.1) is 11.8 Å². The Morgan fingerprint density at radius 3 is 3.00 bits per heavy atom. The first-order valence-electron chi connectivity index (χ1n) is 4.25. The fourth-order valence-electron chi connectivity index (χ4n) is 1.31. The highest BCUT2D eigenvalue weighted by atomic mass is 32.2. The van der Waals surface area contributed by atoms with Gasteiger partial charge in [0.2, 0.25) is 5.91 Å². The van der Waals surface area contributed by atoms with E-state index in [0.717, 1.165) is 5.69 Å². The molecule has 0 spiro atoms. The van der Waals surface area contributed by atoms with Crippen molar-refractivity contribution >= 4 is 23.4 Å². The number of carbonyl (C=O) groups is 1. The Morgan fingerprint density at radius 1 is 1.46 bits per heavy atom. The molecule has 1 N–H and O–H groups in total. The van der Waals surface area contributed by atoms with Gasteiger partial charge in [0.1, 0.15) is 0 Å². The van der Waals surface area contributed by atoms with Gasteiger partial charge in [-0.2, -0.15) is 0 Å². The molecule has 13 heavy (non-hydrogen) atoms. The molecule has 1 aromatic carbocycles. The first-order chi connectivity index (χ1) is 6.16. The second-order valence-electron chi connectivity index (χ2n) is 3.25. The molecule has 0 radical (unpaired) electrons. The summed E-state index contributed by atoms with van der Waals surface area (Å²) in [4.78, 5) is 12.5. The van der Waals surface area contributed by atoms with Crippen molar-refractivity contribution in [3.05, 3.63) is 23.8 Å². The lowest BCUT2D eigenvalue weighted by molar-refractivity contribution is -0.115. The van der Waals surface area contributed by atoms with Crippen molar-refractivity contribution in [3.63, 3.8) is 0 Å². The Kier molecular flexibility index (Phi) is 2.04. The molecule has 1 aliphatic heterocycles. The largest absolute Gasteiger partial charge is 0.324 e. The molecule has 2 rings (SSSR count). The van der Waals surface area contributed by atoms with Crippen LogP contribution >= 0.6 is 11.8 Å². The third-order valence-corrected chi connectivity index (χ3v) is 3.23. The molecular formula is C10H11NOS. The van der Waals surface area contributed by atoms with Gasteiger partial charge in [-0.05, 0) is 31.5 Å². The zero-order valence-electron chi connectivity index (χ0n) is 7.63. The minimum absolute atomic E-state index is 0.0225. The van der Waals surface area contributed by atoms with E-state index in [4.69, 9.17) is 0 Å². The third kappa shape index (κ3) is 1.56. The summed E-state index contributed by atoms with van der Waals surface area (Å²) in [6.07, 6.45) is 0. The number of rotatable bonds is 0. The highest BCUT2D eigenvalue weighted by molar-refractivity contribution is 8.00. The van der Waals surface area contributed by atoms with Crippen LogP contribution in [0.5, 0.6) is 0 Å². The molecule has 2 nitrogen and oxygen atoms in total. The van der Waals surface area contributed by atoms with E-state index in [-0.39, 0.29) is 11.2 Å². The van der Waals surface area contributed by atoms with Crippen LogP contribution in [-0.4, -0.2) is 11.2 Å². The van der Waals surface area contributed by atoms with Crippen LogP contribution in [0.1, 0.15) is 12.5 Å². The van der Waals surface area contributed by atoms with E-state index in [9.17, 15) is 4.79 Å². The minimum Gasteiger partial charge on any atom is -0.324 e. The number of carbonyl (C=O) groups excluding carboxylic acids is 1. The lowest BCUT2D eigenvalue weighted by Gasteiger charge is -2.21. The summed E-state index contributed by atoms with van der Waals surface area (Å²) in [5, 5.41) is 2.90. The number of fused-ring (bicyclic) bond motifs is 1. The quantitative estimate of drug-likeness (QED) is 0.685. The summed E-state index contributed by atoms with van der Waals surface area (Å²) in [5.74, 6) is 0.0985. The first-order valence-corrected chi connectivity index (χ1v) is 5.13. The Bertz CT molecular complexity index is 362. The molecule has 0 unspecified atom stereocenters. The molecule has 0 bridgehead atoms. The van der Waals surface area contributed by atoms with Gasteiger partial charge >= 0.3 is 0 Å². The average Bonchev–Trinajstić information content (AvgIpc) is 2.08. The van der Waals surface area contributed by atoms with Crippen LogP contribution in [0.25, 0.3) is 0 Å². The van der Waals surface area contributed by atoms with Gasteiger partial charge in [0.05, 0.1) is 10.9 Å². The van der Waals surface area contributed by atoms with Gasteiger partial charge in [0.15, 0.2) is 0 Å². The maximum atomic E-state index is 11.3. The van der Waals surface area contributed by atoms with Gasteiger partial charge in [-0.25, -0.2) is 0 Å². The smallest absolute Gasteiger partial charge is 0.237 e. The minimum atomic E-state index is 0.0225. The van der Waals surface area contributed by atoms with Crippen molar-refractivity contribution in [2.45, 2.75) is 24.0 Å². The zero-order valence-corrected chi connectivity index (χ0v) is 8.44. The first kappa shape index (κ1) is 8.63. The van der Waals surface area contributed by atoms with E-state index >= 15 is 0 Å². The van der Waals surface area contributed by atoms with Crippen molar-refractivity contribution < 1.29 is 4.79 Å². The van der Waals surface area contributed by atoms with Crippen LogP contribution in [0, 0.1) is 6.92 Å². The third-order valence-electron chi connectivity index (χ3n) is 2.07. The fourth-order valence-corrected chi connectivity index (χ4v) is 2.36. The molecule has 1 aliphatic rings. The number of hydrogen-bond acceptors (Lipinski definition) is 2. The highest BCUT2D eigenvalue weighted by Crippen LogP contribution is 2.35. The Morgan fingerprint density at radius 2 is 2.23 bits per heavy atom. The van der Waals surface area contributed by atoms with Crippen molar-refractivity contribution in [3.8, 4) is 0 Å². The summed E-state index contributed by atoms with van der Waals surface area (Å²) in [7, 11) is 0. The maximum Gasteiger partial charge on any atom is 0.237 e. The Balaban J connectivity index is 2.42. The van der Waals surface area contributed by atoms with Crippen LogP contribution in [-0.2, 0) is 4.79 Å². The number of amides is 1. The molecule has 0 aromatic heterocycles. The standard InChI is InChI=1S/C10H11NOS/c1-6-3-4-8-9(5-6)13-7(2)10(12)11-8/h3-5,7H,1-2H3,(H,11,12)/t7-/m0/s1. The predicted molar refractivity (Wildman–Crippen MR) is 55.1 cm³/mol. The summed E-state index contributed by atoms with van der Waals surface area (Å²) in [6.45, 7) is 3.98. The molecule has 1 aromatic rings. The number of hydrogen-bond donors (Lipinski definition) is 1. The van der Waals surface area contributed by atoms with Crippen LogP contribution in [0.4, 0.5) is 5.69 Å². The number of aryl methyl sites for hydroxylation is 1. The number of benzene rings is 1. The molecule has 1 atom stereocenters. The summed E-state index contributed by atoms with van der Waals surface area (Å²) in [6, 6.07) is 6.08. The van der Waals surface area contributed by atoms with Gasteiger partial charge in [-0.1, -0.05) is 6.07 Å². The molecular weight excluding hydrogens is 182 g/mol. The van der Waals surface area contributed by atoms with E-state index in [1.54, 1.807) is 11.8 Å². The Hall–Kier alpha value is -0.960. The molecule has 0 saturated heterocycles. The lowest BCUT2D eigenvalue weighted by Crippen LogP contribution is -2.26. The Labute approximate surface area is 81.7 Å². The maximum absolute atomic E-state index is 11.3. The number of anilines is 1. The summed E-state index contributed by atoms with van der Waals surface area (Å²) < 4.78 is 0. The summed E-state index contributed by atoms with van der Waals surface area (Å²) in [5.41, 5.74) is 2.17. The van der Waals surface area contributed by atoms with Gasteiger partial charge in [0, 0.05) is 4.90 Å². The lowest BCUT2D eigenvalue weighted by atomic mass is 10.2. The molecule has 0 fully saturated rings. The number of thioether (sulfide) groups is 1. The van der Waals surface area contributed by atoms with E-state index in [1.807, 2.05) is 19.1 Å². The molecule has 3 heteroatoms. The van der Waals surface area contributed by atoms with E-state index in [1.165, 1.54) is 10.5 Å². The van der Waals surface area contributed by atoms with Gasteiger partial charge in [0.25, 0.3) is 0 Å². The average molecular weight is 193 g/mol. The van der Waals surface area contributed by atoms with Crippen molar-refractivity contribution in [2.24, 2.45) is 0 Å². The van der Waals surface area contributed by atoms with E-state index in [2.05, 4.69) is 18.3 Å². The monoisotopic (exact) mass is 193 g/mol. The SMILES string of the molecule is Cc1ccc2c(c1)S[C@@H](C)C(=O)N2. The zero-order chi connectivity index (χ0) is 9.42. The summed E-state index contributed by atoms with van der Waals surface area (Å²) >= 11 is 1.62. The second-order valence-corrected chi connectivity index (χ2v) is 4.63.